The zero-order valence-corrected chi connectivity index (χ0v) is 15.6. The lowest BCUT2D eigenvalue weighted by molar-refractivity contribution is -0.123. The monoisotopic (exact) mass is 384 g/mol. The van der Waals surface area contributed by atoms with Crippen molar-refractivity contribution in [3.05, 3.63) is 24.3 Å². The number of sulfonamides is 1. The minimum Gasteiger partial charge on any atom is -0.497 e. The first-order valence-electron chi connectivity index (χ1n) is 8.24. The highest BCUT2D eigenvalue weighted by Crippen LogP contribution is 2.22. The zero-order chi connectivity index (χ0) is 19.3. The predicted molar refractivity (Wildman–Crippen MR) is 95.1 cm³/mol. The smallest absolute Gasteiger partial charge is 0.312 e. The van der Waals surface area contributed by atoms with Crippen LogP contribution in [0.3, 0.4) is 0 Å². The summed E-state index contributed by atoms with van der Waals surface area (Å²) in [5.74, 6) is 0.240. The van der Waals surface area contributed by atoms with Crippen molar-refractivity contribution < 1.29 is 22.7 Å². The average Bonchev–Trinajstić information content (AvgIpc) is 2.61. The molecule has 26 heavy (non-hydrogen) atoms. The fraction of sp³-hybridized carbons (Fsp3) is 0.500. The molecule has 1 unspecified atom stereocenters. The van der Waals surface area contributed by atoms with E-state index in [4.69, 9.17) is 10.5 Å². The molecule has 0 saturated carbocycles. The van der Waals surface area contributed by atoms with E-state index in [0.29, 0.717) is 31.7 Å². The molecular weight excluding hydrogens is 360 g/mol. The average molecular weight is 384 g/mol. The molecule has 9 nitrogen and oxygen atoms in total. The molecule has 1 atom stereocenters. The highest BCUT2D eigenvalue weighted by Gasteiger charge is 2.30. The lowest BCUT2D eigenvalue weighted by Gasteiger charge is -2.32. The van der Waals surface area contributed by atoms with Crippen LogP contribution in [0.1, 0.15) is 19.8 Å². The maximum atomic E-state index is 12.7. The molecule has 1 saturated heterocycles. The predicted octanol–water partition coefficient (Wildman–Crippen LogP) is 0.0213. The van der Waals surface area contributed by atoms with Crippen molar-refractivity contribution in [2.75, 3.05) is 20.2 Å². The molecule has 0 radical (unpaired) electrons. The van der Waals surface area contributed by atoms with E-state index < -0.39 is 22.1 Å². The van der Waals surface area contributed by atoms with Crippen molar-refractivity contribution in [2.24, 2.45) is 5.73 Å². The Morgan fingerprint density at radius 2 is 1.81 bits per heavy atom. The summed E-state index contributed by atoms with van der Waals surface area (Å²) in [5, 5.41) is 5.11. The third kappa shape index (κ3) is 4.85. The molecule has 1 aliphatic heterocycles. The molecule has 1 fully saturated rings. The van der Waals surface area contributed by atoms with Crippen LogP contribution in [0.2, 0.25) is 0 Å². The van der Waals surface area contributed by atoms with Gasteiger partial charge >= 0.3 is 6.03 Å². The molecule has 2 rings (SSSR count). The first-order valence-corrected chi connectivity index (χ1v) is 9.68. The van der Waals surface area contributed by atoms with Gasteiger partial charge in [0.2, 0.25) is 15.9 Å². The van der Waals surface area contributed by atoms with E-state index in [9.17, 15) is 18.0 Å². The van der Waals surface area contributed by atoms with Gasteiger partial charge in [-0.3, -0.25) is 4.79 Å². The molecule has 1 aliphatic rings. The van der Waals surface area contributed by atoms with Gasteiger partial charge in [0.25, 0.3) is 0 Å². The van der Waals surface area contributed by atoms with Gasteiger partial charge in [0.1, 0.15) is 11.8 Å². The Bertz CT molecular complexity index is 742. The summed E-state index contributed by atoms with van der Waals surface area (Å²) in [6.45, 7) is 2.14. The van der Waals surface area contributed by atoms with Gasteiger partial charge in [0.15, 0.2) is 0 Å². The number of primary amides is 1. The van der Waals surface area contributed by atoms with E-state index in [2.05, 4.69) is 10.6 Å². The highest BCUT2D eigenvalue weighted by atomic mass is 32.2. The number of hydrogen-bond acceptors (Lipinski definition) is 5. The molecule has 0 spiro atoms. The van der Waals surface area contributed by atoms with Crippen molar-refractivity contribution in [1.82, 2.24) is 14.9 Å². The Balaban J connectivity index is 1.92. The van der Waals surface area contributed by atoms with Crippen LogP contribution in [0, 0.1) is 0 Å². The summed E-state index contributed by atoms with van der Waals surface area (Å²) >= 11 is 0. The Morgan fingerprint density at radius 3 is 2.31 bits per heavy atom. The summed E-state index contributed by atoms with van der Waals surface area (Å²) in [5.41, 5.74) is 4.99. The molecule has 144 valence electrons. The van der Waals surface area contributed by atoms with Crippen molar-refractivity contribution in [2.45, 2.75) is 36.7 Å². The Labute approximate surface area is 152 Å². The largest absolute Gasteiger partial charge is 0.497 e. The lowest BCUT2D eigenvalue weighted by Crippen LogP contribution is -2.52. The number of amides is 3. The lowest BCUT2D eigenvalue weighted by atomic mass is 10.1. The Morgan fingerprint density at radius 1 is 1.23 bits per heavy atom. The van der Waals surface area contributed by atoms with Crippen molar-refractivity contribution >= 4 is 22.0 Å². The second-order valence-corrected chi connectivity index (χ2v) is 8.03. The number of hydrogen-bond donors (Lipinski definition) is 3. The maximum Gasteiger partial charge on any atom is 0.312 e. The molecule has 3 amide bonds. The number of piperidine rings is 1. The molecule has 10 heteroatoms. The Kier molecular flexibility index (Phi) is 6.43. The Hall–Kier alpha value is -2.33. The van der Waals surface area contributed by atoms with Gasteiger partial charge in [-0.2, -0.15) is 4.31 Å². The van der Waals surface area contributed by atoms with Gasteiger partial charge in [0.05, 0.1) is 12.0 Å². The van der Waals surface area contributed by atoms with E-state index in [-0.39, 0.29) is 16.8 Å². The number of nitrogens with two attached hydrogens (primary N) is 1. The van der Waals surface area contributed by atoms with E-state index in [0.717, 1.165) is 0 Å². The van der Waals surface area contributed by atoms with Crippen LogP contribution < -0.4 is 21.1 Å². The molecule has 0 aromatic heterocycles. The number of benzene rings is 1. The van der Waals surface area contributed by atoms with Crippen LogP contribution in [0.4, 0.5) is 4.79 Å². The van der Waals surface area contributed by atoms with Gasteiger partial charge in [-0.1, -0.05) is 0 Å². The van der Waals surface area contributed by atoms with Gasteiger partial charge < -0.3 is 21.1 Å². The van der Waals surface area contributed by atoms with Crippen LogP contribution in [-0.4, -0.2) is 56.9 Å². The van der Waals surface area contributed by atoms with Gasteiger partial charge in [-0.05, 0) is 44.0 Å². The maximum absolute atomic E-state index is 12.7. The summed E-state index contributed by atoms with van der Waals surface area (Å²) in [6.07, 6.45) is 0.981. The van der Waals surface area contributed by atoms with Crippen LogP contribution in [0.5, 0.6) is 5.75 Å². The summed E-state index contributed by atoms with van der Waals surface area (Å²) in [4.78, 5) is 23.0. The fourth-order valence-corrected chi connectivity index (χ4v) is 4.21. The minimum absolute atomic E-state index is 0.151. The number of ether oxygens (including phenoxy) is 1. The molecule has 1 aromatic carbocycles. The van der Waals surface area contributed by atoms with Gasteiger partial charge in [0, 0.05) is 19.1 Å². The minimum atomic E-state index is -3.58. The summed E-state index contributed by atoms with van der Waals surface area (Å²) < 4.78 is 31.8. The second kappa shape index (κ2) is 8.37. The van der Waals surface area contributed by atoms with Crippen molar-refractivity contribution in [3.63, 3.8) is 0 Å². The molecule has 4 N–H and O–H groups in total. The van der Waals surface area contributed by atoms with E-state index in [1.165, 1.54) is 30.5 Å². The zero-order valence-electron chi connectivity index (χ0n) is 14.8. The number of nitrogens with one attached hydrogen (secondary N) is 2. The van der Waals surface area contributed by atoms with Gasteiger partial charge in [-0.15, -0.1) is 0 Å². The highest BCUT2D eigenvalue weighted by molar-refractivity contribution is 7.89. The number of methoxy groups -OCH3 is 1. The molecule has 1 heterocycles. The second-order valence-electron chi connectivity index (χ2n) is 6.09. The van der Waals surface area contributed by atoms with Crippen LogP contribution in [0.25, 0.3) is 0 Å². The number of carbonyl (C=O) groups is 2. The topological polar surface area (TPSA) is 131 Å². The number of rotatable bonds is 6. The number of carbonyl (C=O) groups excluding carboxylic acids is 2. The van der Waals surface area contributed by atoms with E-state index >= 15 is 0 Å². The van der Waals surface area contributed by atoms with Gasteiger partial charge in [-0.25, -0.2) is 13.2 Å². The number of urea groups is 1. The van der Waals surface area contributed by atoms with Crippen LogP contribution in [-0.2, 0) is 14.8 Å². The van der Waals surface area contributed by atoms with Crippen LogP contribution >= 0.6 is 0 Å². The molecule has 0 bridgehead atoms. The number of nitrogens with zero attached hydrogens (tertiary/aromatic N) is 1. The molecular formula is C16H24N4O5S. The van der Waals surface area contributed by atoms with E-state index in [1.54, 1.807) is 12.1 Å². The summed E-state index contributed by atoms with van der Waals surface area (Å²) in [7, 11) is -2.06. The van der Waals surface area contributed by atoms with E-state index in [1.807, 2.05) is 0 Å². The molecule has 0 aliphatic carbocycles. The van der Waals surface area contributed by atoms with Crippen LogP contribution in [0.15, 0.2) is 29.2 Å². The third-order valence-electron chi connectivity index (χ3n) is 4.25. The first-order chi connectivity index (χ1) is 12.2. The van der Waals surface area contributed by atoms with Crippen molar-refractivity contribution in [3.8, 4) is 5.75 Å². The normalized spacial score (nSPS) is 17.3. The van der Waals surface area contributed by atoms with Crippen molar-refractivity contribution in [1.29, 1.82) is 0 Å². The quantitative estimate of drug-likeness (QED) is 0.636. The SMILES string of the molecule is COc1ccc(S(=O)(=O)N2CCC(NC(=O)C(C)NC(N)=O)CC2)cc1. The molecule has 1 aromatic rings. The third-order valence-corrected chi connectivity index (χ3v) is 6.16. The standard InChI is InChI=1S/C16H24N4O5S/c1-11(18-16(17)22)15(21)19-12-7-9-20(10-8-12)26(23,24)14-5-3-13(25-2)4-6-14/h3-6,11-12H,7-10H2,1-2H3,(H,19,21)(H3,17,18,22). The fourth-order valence-electron chi connectivity index (χ4n) is 2.74. The first kappa shape index (κ1) is 20.0. The summed E-state index contributed by atoms with van der Waals surface area (Å²) in [6, 6.07) is 4.57.